The number of fused-ring (bicyclic) bond motifs is 1. The van der Waals surface area contributed by atoms with Gasteiger partial charge in [-0.05, 0) is 18.6 Å². The molecule has 4 nitrogen and oxygen atoms in total. The number of aliphatic carboxylic acids is 1. The summed E-state index contributed by atoms with van der Waals surface area (Å²) in [5, 5.41) is 14.0. The lowest BCUT2D eigenvalue weighted by Crippen LogP contribution is -2.29. The number of carbonyl (C=O) groups is 1. The minimum absolute atomic E-state index is 0.335. The molecule has 0 fully saturated rings. The van der Waals surface area contributed by atoms with E-state index in [-0.39, 0.29) is 0 Å². The van der Waals surface area contributed by atoms with Crippen molar-refractivity contribution in [2.45, 2.75) is 12.5 Å². The van der Waals surface area contributed by atoms with Gasteiger partial charge in [0.05, 0.1) is 0 Å². The largest absolute Gasteiger partial charge is 0.480 e. The highest BCUT2D eigenvalue weighted by Crippen LogP contribution is 2.28. The van der Waals surface area contributed by atoms with E-state index < -0.39 is 12.0 Å². The molecule has 0 spiro atoms. The van der Waals surface area contributed by atoms with Gasteiger partial charge in [0.15, 0.2) is 0 Å². The highest BCUT2D eigenvalue weighted by molar-refractivity contribution is 9.10. The summed E-state index contributed by atoms with van der Waals surface area (Å²) >= 11 is 3.47. The number of rotatable bonds is 5. The average Bonchev–Trinajstić information content (AvgIpc) is 2.39. The van der Waals surface area contributed by atoms with E-state index >= 15 is 0 Å². The summed E-state index contributed by atoms with van der Waals surface area (Å²) < 4.78 is 0.950. The molecule has 2 aromatic rings. The third kappa shape index (κ3) is 2.93. The number of carboxylic acids is 1. The van der Waals surface area contributed by atoms with Crippen molar-refractivity contribution in [3.8, 4) is 0 Å². The Labute approximate surface area is 119 Å². The van der Waals surface area contributed by atoms with Crippen molar-refractivity contribution >= 4 is 38.5 Å². The second-order valence-corrected chi connectivity index (χ2v) is 4.91. The van der Waals surface area contributed by atoms with Crippen LogP contribution in [0.25, 0.3) is 10.8 Å². The normalized spacial score (nSPS) is 12.1. The van der Waals surface area contributed by atoms with Gasteiger partial charge in [-0.15, -0.1) is 6.58 Å². The Hall–Kier alpha value is -1.88. The number of nitrogens with one attached hydrogen (secondary N) is 1. The standard InChI is InChI=1S/C14H13BrN2O2/c1-2-4-12(14(18)19)17-13-10-5-3-6-11(15)9(10)7-8-16-13/h2-3,5-8,12H,1,4H2,(H,16,17)(H,18,19). The van der Waals surface area contributed by atoms with Gasteiger partial charge in [-0.25, -0.2) is 9.78 Å². The molecule has 0 radical (unpaired) electrons. The van der Waals surface area contributed by atoms with Crippen molar-refractivity contribution in [3.63, 3.8) is 0 Å². The van der Waals surface area contributed by atoms with Crippen LogP contribution in [0, 0.1) is 0 Å². The maximum atomic E-state index is 11.1. The predicted octanol–water partition coefficient (Wildman–Crippen LogP) is 3.44. The SMILES string of the molecule is C=CCC(Nc1nccc2c(Br)cccc12)C(=O)O. The summed E-state index contributed by atoms with van der Waals surface area (Å²) in [5.41, 5.74) is 0. The fourth-order valence-electron chi connectivity index (χ4n) is 1.84. The van der Waals surface area contributed by atoms with Crippen LogP contribution in [0.5, 0.6) is 0 Å². The minimum atomic E-state index is -0.923. The lowest BCUT2D eigenvalue weighted by molar-refractivity contribution is -0.137. The van der Waals surface area contributed by atoms with Crippen LogP contribution < -0.4 is 5.32 Å². The van der Waals surface area contributed by atoms with E-state index in [2.05, 4.69) is 32.8 Å². The number of halogens is 1. The summed E-state index contributed by atoms with van der Waals surface area (Å²) in [4.78, 5) is 15.4. The van der Waals surface area contributed by atoms with Crippen molar-refractivity contribution < 1.29 is 9.90 Å². The zero-order valence-corrected chi connectivity index (χ0v) is 11.7. The van der Waals surface area contributed by atoms with Crippen molar-refractivity contribution in [3.05, 3.63) is 47.6 Å². The molecule has 5 heteroatoms. The number of pyridine rings is 1. The Morgan fingerprint density at radius 3 is 2.95 bits per heavy atom. The molecule has 0 bridgehead atoms. The second-order valence-electron chi connectivity index (χ2n) is 4.05. The molecule has 1 aromatic carbocycles. The van der Waals surface area contributed by atoms with Crippen LogP contribution in [0.2, 0.25) is 0 Å². The molecular weight excluding hydrogens is 308 g/mol. The molecule has 2 rings (SSSR count). The van der Waals surface area contributed by atoms with E-state index in [1.54, 1.807) is 12.3 Å². The number of aromatic nitrogens is 1. The van der Waals surface area contributed by atoms with Crippen LogP contribution >= 0.6 is 15.9 Å². The fourth-order valence-corrected chi connectivity index (χ4v) is 2.34. The maximum Gasteiger partial charge on any atom is 0.326 e. The van der Waals surface area contributed by atoms with Crippen molar-refractivity contribution in [1.29, 1.82) is 0 Å². The molecule has 0 saturated carbocycles. The highest BCUT2D eigenvalue weighted by Gasteiger charge is 2.17. The molecular formula is C14H13BrN2O2. The molecule has 19 heavy (non-hydrogen) atoms. The molecule has 98 valence electrons. The molecule has 2 N–H and O–H groups in total. The lowest BCUT2D eigenvalue weighted by atomic mass is 10.1. The van der Waals surface area contributed by atoms with Gasteiger partial charge in [-0.2, -0.15) is 0 Å². The van der Waals surface area contributed by atoms with Gasteiger partial charge in [0.25, 0.3) is 0 Å². The number of hydrogen-bond acceptors (Lipinski definition) is 3. The summed E-state index contributed by atoms with van der Waals surface area (Å²) in [6.45, 7) is 3.57. The molecule has 1 unspecified atom stereocenters. The third-order valence-corrected chi connectivity index (χ3v) is 3.46. The van der Waals surface area contributed by atoms with Crippen LogP contribution in [-0.2, 0) is 4.79 Å². The molecule has 1 heterocycles. The second kappa shape index (κ2) is 5.84. The van der Waals surface area contributed by atoms with E-state index in [0.29, 0.717) is 12.2 Å². The number of anilines is 1. The van der Waals surface area contributed by atoms with Crippen LogP contribution in [0.1, 0.15) is 6.42 Å². The fraction of sp³-hybridized carbons (Fsp3) is 0.143. The molecule has 0 aliphatic carbocycles. The Morgan fingerprint density at radius 2 is 2.26 bits per heavy atom. The molecule has 0 aliphatic heterocycles. The third-order valence-electron chi connectivity index (χ3n) is 2.76. The van der Waals surface area contributed by atoms with E-state index in [9.17, 15) is 4.79 Å². The summed E-state index contributed by atoms with van der Waals surface area (Å²) in [6.07, 6.45) is 3.57. The quantitative estimate of drug-likeness (QED) is 0.828. The molecule has 1 aromatic heterocycles. The van der Waals surface area contributed by atoms with Crippen LogP contribution in [-0.4, -0.2) is 22.1 Å². The molecule has 0 amide bonds. The Balaban J connectivity index is 2.42. The van der Waals surface area contributed by atoms with E-state index in [1.165, 1.54) is 0 Å². The van der Waals surface area contributed by atoms with Crippen molar-refractivity contribution in [2.75, 3.05) is 5.32 Å². The number of nitrogens with zero attached hydrogens (tertiary/aromatic N) is 1. The first-order valence-corrected chi connectivity index (χ1v) is 6.56. The summed E-state index contributed by atoms with van der Waals surface area (Å²) in [5.74, 6) is -0.359. The Morgan fingerprint density at radius 1 is 1.47 bits per heavy atom. The average molecular weight is 321 g/mol. The van der Waals surface area contributed by atoms with Crippen LogP contribution in [0.3, 0.4) is 0 Å². The number of benzene rings is 1. The van der Waals surface area contributed by atoms with Gasteiger partial charge < -0.3 is 10.4 Å². The molecule has 0 saturated heterocycles. The predicted molar refractivity (Wildman–Crippen MR) is 79.3 cm³/mol. The first-order chi connectivity index (χ1) is 9.13. The number of hydrogen-bond donors (Lipinski definition) is 2. The number of carboxylic acid groups (broad SMARTS) is 1. The van der Waals surface area contributed by atoms with E-state index in [1.807, 2.05) is 24.3 Å². The topological polar surface area (TPSA) is 62.2 Å². The monoisotopic (exact) mass is 320 g/mol. The first-order valence-electron chi connectivity index (χ1n) is 5.77. The zero-order chi connectivity index (χ0) is 13.8. The van der Waals surface area contributed by atoms with Crippen LogP contribution in [0.4, 0.5) is 5.82 Å². The van der Waals surface area contributed by atoms with Gasteiger partial charge in [0.1, 0.15) is 11.9 Å². The van der Waals surface area contributed by atoms with Gasteiger partial charge in [-0.3, -0.25) is 0 Å². The zero-order valence-electron chi connectivity index (χ0n) is 10.1. The van der Waals surface area contributed by atoms with Gasteiger partial charge in [0, 0.05) is 21.4 Å². The molecule has 0 aliphatic rings. The Bertz CT molecular complexity index is 628. The molecule has 1 atom stereocenters. The minimum Gasteiger partial charge on any atom is -0.480 e. The highest BCUT2D eigenvalue weighted by atomic mass is 79.9. The maximum absolute atomic E-state index is 11.1. The smallest absolute Gasteiger partial charge is 0.326 e. The van der Waals surface area contributed by atoms with Gasteiger partial charge in [0.2, 0.25) is 0 Å². The Kier molecular flexibility index (Phi) is 4.16. The van der Waals surface area contributed by atoms with E-state index in [0.717, 1.165) is 15.2 Å². The lowest BCUT2D eigenvalue weighted by Gasteiger charge is -2.15. The summed E-state index contributed by atoms with van der Waals surface area (Å²) in [6, 6.07) is 6.89. The van der Waals surface area contributed by atoms with Gasteiger partial charge >= 0.3 is 5.97 Å². The van der Waals surface area contributed by atoms with Gasteiger partial charge in [-0.1, -0.05) is 34.1 Å². The van der Waals surface area contributed by atoms with Crippen molar-refractivity contribution in [1.82, 2.24) is 4.98 Å². The van der Waals surface area contributed by atoms with E-state index in [4.69, 9.17) is 5.11 Å². The van der Waals surface area contributed by atoms with Crippen LogP contribution in [0.15, 0.2) is 47.6 Å². The van der Waals surface area contributed by atoms with Crippen molar-refractivity contribution in [2.24, 2.45) is 0 Å². The first kappa shape index (κ1) is 13.5. The summed E-state index contributed by atoms with van der Waals surface area (Å²) in [7, 11) is 0.